The summed E-state index contributed by atoms with van der Waals surface area (Å²) in [5.41, 5.74) is 2.60. The molecular weight excluding hydrogens is 266 g/mol. The van der Waals surface area contributed by atoms with Crippen LogP contribution in [0.4, 0.5) is 5.69 Å². The summed E-state index contributed by atoms with van der Waals surface area (Å²) in [6.07, 6.45) is 2.27. The van der Waals surface area contributed by atoms with Crippen LogP contribution in [0, 0.1) is 16.0 Å². The van der Waals surface area contributed by atoms with Crippen molar-refractivity contribution < 1.29 is 9.72 Å². The van der Waals surface area contributed by atoms with E-state index in [-0.39, 0.29) is 23.0 Å². The number of ketones is 1. The smallest absolute Gasteiger partial charge is 0.280 e. The number of nitro benzene ring substituents is 1. The zero-order chi connectivity index (χ0) is 14.8. The molecule has 2 aromatic rings. The highest BCUT2D eigenvalue weighted by Gasteiger charge is 2.29. The lowest BCUT2D eigenvalue weighted by Gasteiger charge is -2.23. The van der Waals surface area contributed by atoms with Crippen LogP contribution in [0.15, 0.2) is 48.5 Å². The number of carbonyl (C=O) groups excluding carboxylic acids is 1. The van der Waals surface area contributed by atoms with Crippen molar-refractivity contribution in [2.24, 2.45) is 5.92 Å². The molecule has 1 atom stereocenters. The highest BCUT2D eigenvalue weighted by Crippen LogP contribution is 2.30. The zero-order valence-corrected chi connectivity index (χ0v) is 11.5. The van der Waals surface area contributed by atoms with Gasteiger partial charge in [0.05, 0.1) is 10.5 Å². The molecule has 1 aliphatic rings. The normalized spacial score (nSPS) is 17.0. The number of nitro groups is 1. The average molecular weight is 281 g/mol. The van der Waals surface area contributed by atoms with E-state index in [4.69, 9.17) is 0 Å². The van der Waals surface area contributed by atoms with E-state index in [1.54, 1.807) is 18.2 Å². The third-order valence-corrected chi connectivity index (χ3v) is 4.08. The molecule has 0 saturated heterocycles. The molecule has 3 rings (SSSR count). The number of rotatable bonds is 3. The third-order valence-electron chi connectivity index (χ3n) is 4.08. The van der Waals surface area contributed by atoms with Crippen LogP contribution in [-0.4, -0.2) is 10.7 Å². The van der Waals surface area contributed by atoms with E-state index in [9.17, 15) is 14.9 Å². The van der Waals surface area contributed by atoms with Crippen molar-refractivity contribution in [2.45, 2.75) is 19.3 Å². The molecule has 0 aromatic heterocycles. The summed E-state index contributed by atoms with van der Waals surface area (Å²) in [6.45, 7) is 0. The second-order valence-corrected chi connectivity index (χ2v) is 5.35. The van der Waals surface area contributed by atoms with Crippen molar-refractivity contribution in [1.82, 2.24) is 0 Å². The first-order valence-corrected chi connectivity index (χ1v) is 7.01. The van der Waals surface area contributed by atoms with E-state index in [1.165, 1.54) is 17.2 Å². The number of para-hydroxylation sites is 1. The number of Topliss-reactive ketones (excluding diaryl/α,β-unsaturated/α-hetero) is 1. The van der Waals surface area contributed by atoms with Gasteiger partial charge in [-0.15, -0.1) is 0 Å². The second kappa shape index (κ2) is 5.48. The number of aryl methyl sites for hydroxylation is 1. The average Bonchev–Trinajstić information content (AvgIpc) is 2.53. The maximum atomic E-state index is 12.6. The molecule has 4 heteroatoms. The molecular formula is C17H15NO3. The van der Waals surface area contributed by atoms with E-state index in [0.717, 1.165) is 12.8 Å². The molecule has 2 aromatic carbocycles. The molecule has 0 fully saturated rings. The van der Waals surface area contributed by atoms with Crippen LogP contribution < -0.4 is 0 Å². The maximum absolute atomic E-state index is 12.6. The lowest BCUT2D eigenvalue weighted by atomic mass is 9.80. The Kier molecular flexibility index (Phi) is 3.52. The highest BCUT2D eigenvalue weighted by atomic mass is 16.6. The first-order chi connectivity index (χ1) is 10.2. The summed E-state index contributed by atoms with van der Waals surface area (Å²) in [6, 6.07) is 14.3. The van der Waals surface area contributed by atoms with Gasteiger partial charge in [0.15, 0.2) is 5.78 Å². The number of hydrogen-bond donors (Lipinski definition) is 0. The van der Waals surface area contributed by atoms with Crippen molar-refractivity contribution in [3.05, 3.63) is 75.3 Å². The lowest BCUT2D eigenvalue weighted by molar-refractivity contribution is -0.385. The number of carbonyl (C=O) groups is 1. The molecule has 1 aliphatic carbocycles. The summed E-state index contributed by atoms with van der Waals surface area (Å²) >= 11 is 0. The van der Waals surface area contributed by atoms with Gasteiger partial charge in [0, 0.05) is 12.0 Å². The SMILES string of the molecule is O=C(c1ccccc1[N+](=O)[O-])C1CCc2ccccc2C1. The molecule has 0 amide bonds. The van der Waals surface area contributed by atoms with Crippen molar-refractivity contribution in [2.75, 3.05) is 0 Å². The fourth-order valence-electron chi connectivity index (χ4n) is 2.98. The maximum Gasteiger partial charge on any atom is 0.280 e. The Morgan fingerprint density at radius 1 is 1.05 bits per heavy atom. The van der Waals surface area contributed by atoms with Gasteiger partial charge in [-0.3, -0.25) is 14.9 Å². The molecule has 0 N–H and O–H groups in total. The Balaban J connectivity index is 1.89. The standard InChI is InChI=1S/C17H15NO3/c19-17(15-7-3-4-8-16(15)18(20)21)14-10-9-12-5-1-2-6-13(12)11-14/h1-8,14H,9-11H2. The molecule has 0 spiro atoms. The van der Waals surface area contributed by atoms with Gasteiger partial charge in [0.2, 0.25) is 0 Å². The van der Waals surface area contributed by atoms with Gasteiger partial charge < -0.3 is 0 Å². The van der Waals surface area contributed by atoms with Crippen molar-refractivity contribution in [3.63, 3.8) is 0 Å². The van der Waals surface area contributed by atoms with Gasteiger partial charge in [0.1, 0.15) is 0 Å². The Morgan fingerprint density at radius 3 is 2.48 bits per heavy atom. The monoisotopic (exact) mass is 281 g/mol. The quantitative estimate of drug-likeness (QED) is 0.491. The van der Waals surface area contributed by atoms with Crippen LogP contribution >= 0.6 is 0 Å². The topological polar surface area (TPSA) is 60.2 Å². The Morgan fingerprint density at radius 2 is 1.71 bits per heavy atom. The lowest BCUT2D eigenvalue weighted by Crippen LogP contribution is -2.23. The summed E-state index contributed by atoms with van der Waals surface area (Å²) in [4.78, 5) is 23.2. The van der Waals surface area contributed by atoms with E-state index in [1.807, 2.05) is 18.2 Å². The van der Waals surface area contributed by atoms with Crippen molar-refractivity contribution in [3.8, 4) is 0 Å². The Bertz CT molecular complexity index is 709. The zero-order valence-electron chi connectivity index (χ0n) is 11.5. The van der Waals surface area contributed by atoms with Gasteiger partial charge >= 0.3 is 0 Å². The Hall–Kier alpha value is -2.49. The van der Waals surface area contributed by atoms with Crippen LogP contribution in [0.2, 0.25) is 0 Å². The summed E-state index contributed by atoms with van der Waals surface area (Å²) in [5, 5.41) is 11.1. The van der Waals surface area contributed by atoms with Crippen molar-refractivity contribution in [1.29, 1.82) is 0 Å². The number of fused-ring (bicyclic) bond motifs is 1. The molecule has 4 nitrogen and oxygen atoms in total. The van der Waals surface area contributed by atoms with Gasteiger partial charge in [0.25, 0.3) is 5.69 Å². The first-order valence-electron chi connectivity index (χ1n) is 7.01. The highest BCUT2D eigenvalue weighted by molar-refractivity contribution is 6.01. The minimum absolute atomic E-state index is 0.0960. The second-order valence-electron chi connectivity index (χ2n) is 5.35. The largest absolute Gasteiger partial charge is 0.294 e. The fraction of sp³-hybridized carbons (Fsp3) is 0.235. The van der Waals surface area contributed by atoms with E-state index >= 15 is 0 Å². The number of hydrogen-bond acceptors (Lipinski definition) is 3. The molecule has 0 radical (unpaired) electrons. The Labute approximate surface area is 122 Å². The molecule has 21 heavy (non-hydrogen) atoms. The van der Waals surface area contributed by atoms with E-state index in [0.29, 0.717) is 6.42 Å². The summed E-state index contributed by atoms with van der Waals surface area (Å²) in [5.74, 6) is -0.280. The number of benzene rings is 2. The van der Waals surface area contributed by atoms with Gasteiger partial charge in [-0.1, -0.05) is 36.4 Å². The van der Waals surface area contributed by atoms with Crippen LogP contribution in [0.3, 0.4) is 0 Å². The van der Waals surface area contributed by atoms with Crippen LogP contribution in [0.1, 0.15) is 27.9 Å². The van der Waals surface area contributed by atoms with Gasteiger partial charge in [-0.25, -0.2) is 0 Å². The summed E-state index contributed by atoms with van der Waals surface area (Å²) in [7, 11) is 0. The van der Waals surface area contributed by atoms with Gasteiger partial charge in [-0.2, -0.15) is 0 Å². The predicted molar refractivity (Wildman–Crippen MR) is 79.4 cm³/mol. The van der Waals surface area contributed by atoms with Gasteiger partial charge in [-0.05, 0) is 36.5 Å². The first kappa shape index (κ1) is 13.5. The molecule has 0 aliphatic heterocycles. The molecule has 0 heterocycles. The minimum Gasteiger partial charge on any atom is -0.294 e. The molecule has 0 saturated carbocycles. The predicted octanol–water partition coefficient (Wildman–Crippen LogP) is 3.58. The molecule has 1 unspecified atom stereocenters. The minimum atomic E-state index is -0.482. The van der Waals surface area contributed by atoms with E-state index in [2.05, 4.69) is 6.07 Å². The fourth-order valence-corrected chi connectivity index (χ4v) is 2.98. The van der Waals surface area contributed by atoms with E-state index < -0.39 is 4.92 Å². The number of nitrogens with zero attached hydrogens (tertiary/aromatic N) is 1. The van der Waals surface area contributed by atoms with Crippen molar-refractivity contribution >= 4 is 11.5 Å². The van der Waals surface area contributed by atoms with Crippen LogP contribution in [0.25, 0.3) is 0 Å². The van der Waals surface area contributed by atoms with Crippen LogP contribution in [-0.2, 0) is 12.8 Å². The third kappa shape index (κ3) is 2.57. The molecule has 0 bridgehead atoms. The van der Waals surface area contributed by atoms with Crippen LogP contribution in [0.5, 0.6) is 0 Å². The molecule has 106 valence electrons. The summed E-state index contributed by atoms with van der Waals surface area (Å²) < 4.78 is 0.